The number of nitrogen functional groups attached to an aromatic ring is 2. The Balaban J connectivity index is 2.54. The maximum atomic E-state index is 5.86. The number of benzene rings is 1. The van der Waals surface area contributed by atoms with Crippen molar-refractivity contribution in [3.8, 4) is 0 Å². The summed E-state index contributed by atoms with van der Waals surface area (Å²) in [6, 6.07) is 5.84. The highest BCUT2D eigenvalue weighted by Gasteiger charge is 2.01. The van der Waals surface area contributed by atoms with Crippen LogP contribution >= 0.6 is 0 Å². The zero-order chi connectivity index (χ0) is 10.6. The molecule has 0 aliphatic carbocycles. The van der Waals surface area contributed by atoms with Crippen molar-refractivity contribution in [3.05, 3.63) is 23.8 Å². The van der Waals surface area contributed by atoms with Gasteiger partial charge < -0.3 is 16.4 Å². The molecule has 78 valence electrons. The molecule has 3 nitrogen and oxygen atoms in total. The molecule has 0 aliphatic rings. The second kappa shape index (κ2) is 4.86. The fourth-order valence-electron chi connectivity index (χ4n) is 1.44. The zero-order valence-corrected chi connectivity index (χ0v) is 8.96. The summed E-state index contributed by atoms with van der Waals surface area (Å²) in [5.74, 6) is 0. The average molecular weight is 193 g/mol. The fraction of sp³-hybridized carbons (Fsp3) is 0.455. The molecule has 0 unspecified atom stereocenters. The van der Waals surface area contributed by atoms with Crippen LogP contribution in [0.5, 0.6) is 0 Å². The molecular formula is C11H19N3. The number of hydrogen-bond acceptors (Lipinski definition) is 3. The average Bonchev–Trinajstić information content (AvgIpc) is 2.12. The summed E-state index contributed by atoms with van der Waals surface area (Å²) in [5.41, 5.74) is 14.2. The first kappa shape index (κ1) is 10.9. The number of nitrogens with two attached hydrogens (primary N) is 2. The predicted octanol–water partition coefficient (Wildman–Crippen LogP) is 1.35. The second-order valence-corrected chi connectivity index (χ2v) is 3.83. The van der Waals surface area contributed by atoms with E-state index in [1.54, 1.807) is 0 Å². The van der Waals surface area contributed by atoms with E-state index in [1.807, 2.05) is 18.2 Å². The smallest absolute Gasteiger partial charge is 0.0580 e. The van der Waals surface area contributed by atoms with Crippen molar-refractivity contribution in [2.75, 3.05) is 32.1 Å². The van der Waals surface area contributed by atoms with Crippen LogP contribution in [0.25, 0.3) is 0 Å². The Hall–Kier alpha value is -1.22. The number of nitrogens with zero attached hydrogens (tertiary/aromatic N) is 1. The van der Waals surface area contributed by atoms with Gasteiger partial charge in [-0.05, 0) is 45.1 Å². The molecule has 4 N–H and O–H groups in total. The molecule has 1 aromatic rings. The van der Waals surface area contributed by atoms with Crippen molar-refractivity contribution < 1.29 is 0 Å². The molecule has 0 saturated carbocycles. The second-order valence-electron chi connectivity index (χ2n) is 3.83. The number of para-hydroxylation sites is 1. The lowest BCUT2D eigenvalue weighted by molar-refractivity contribution is 0.400. The molecule has 0 spiro atoms. The molecule has 0 aromatic heterocycles. The summed E-state index contributed by atoms with van der Waals surface area (Å²) in [4.78, 5) is 2.17. The van der Waals surface area contributed by atoms with Gasteiger partial charge in [0.05, 0.1) is 11.4 Å². The SMILES string of the molecule is CN(C)CCCc1cccc(N)c1N. The van der Waals surface area contributed by atoms with Crippen LogP contribution in [0.4, 0.5) is 11.4 Å². The van der Waals surface area contributed by atoms with Crippen LogP contribution in [0, 0.1) is 0 Å². The molecule has 0 saturated heterocycles. The largest absolute Gasteiger partial charge is 0.397 e. The number of hydrogen-bond donors (Lipinski definition) is 2. The number of anilines is 2. The molecule has 0 aliphatic heterocycles. The highest BCUT2D eigenvalue weighted by Crippen LogP contribution is 2.20. The third kappa shape index (κ3) is 2.92. The first-order chi connectivity index (χ1) is 6.61. The number of aryl methyl sites for hydroxylation is 1. The maximum Gasteiger partial charge on any atom is 0.0580 e. The maximum absolute atomic E-state index is 5.86. The first-order valence-electron chi connectivity index (χ1n) is 4.89. The quantitative estimate of drug-likeness (QED) is 0.710. The highest BCUT2D eigenvalue weighted by molar-refractivity contribution is 5.67. The lowest BCUT2D eigenvalue weighted by Gasteiger charge is -2.11. The van der Waals surface area contributed by atoms with Gasteiger partial charge in [0.2, 0.25) is 0 Å². The lowest BCUT2D eigenvalue weighted by atomic mass is 10.1. The summed E-state index contributed by atoms with van der Waals surface area (Å²) in [6.07, 6.45) is 2.11. The molecule has 0 heterocycles. The van der Waals surface area contributed by atoms with Crippen molar-refractivity contribution in [2.24, 2.45) is 0 Å². The van der Waals surface area contributed by atoms with Crippen LogP contribution in [0.2, 0.25) is 0 Å². The summed E-state index contributed by atoms with van der Waals surface area (Å²) >= 11 is 0. The topological polar surface area (TPSA) is 55.3 Å². The molecule has 0 bridgehead atoms. The third-order valence-corrected chi connectivity index (χ3v) is 2.28. The van der Waals surface area contributed by atoms with Gasteiger partial charge in [-0.25, -0.2) is 0 Å². The highest BCUT2D eigenvalue weighted by atomic mass is 15.0. The summed E-state index contributed by atoms with van der Waals surface area (Å²) in [6.45, 7) is 1.08. The van der Waals surface area contributed by atoms with E-state index in [0.717, 1.165) is 30.6 Å². The Morgan fingerprint density at radius 3 is 2.57 bits per heavy atom. The number of rotatable bonds is 4. The van der Waals surface area contributed by atoms with Crippen molar-refractivity contribution in [1.82, 2.24) is 4.90 Å². The monoisotopic (exact) mass is 193 g/mol. The molecule has 1 rings (SSSR count). The van der Waals surface area contributed by atoms with E-state index in [4.69, 9.17) is 11.5 Å². The van der Waals surface area contributed by atoms with Gasteiger partial charge >= 0.3 is 0 Å². The van der Waals surface area contributed by atoms with E-state index in [0.29, 0.717) is 5.69 Å². The minimum absolute atomic E-state index is 0.687. The first-order valence-corrected chi connectivity index (χ1v) is 4.89. The molecular weight excluding hydrogens is 174 g/mol. The Labute approximate surface area is 85.7 Å². The predicted molar refractivity (Wildman–Crippen MR) is 62.1 cm³/mol. The van der Waals surface area contributed by atoms with Gasteiger partial charge in [-0.2, -0.15) is 0 Å². The minimum atomic E-state index is 0.687. The molecule has 0 amide bonds. The molecule has 0 radical (unpaired) electrons. The normalized spacial score (nSPS) is 10.8. The van der Waals surface area contributed by atoms with Crippen LogP contribution in [-0.2, 0) is 6.42 Å². The van der Waals surface area contributed by atoms with Gasteiger partial charge in [-0.15, -0.1) is 0 Å². The van der Waals surface area contributed by atoms with Gasteiger partial charge in [-0.3, -0.25) is 0 Å². The Morgan fingerprint density at radius 2 is 1.93 bits per heavy atom. The Bertz CT molecular complexity index is 295. The van der Waals surface area contributed by atoms with Gasteiger partial charge in [0.15, 0.2) is 0 Å². The molecule has 3 heteroatoms. The standard InChI is InChI=1S/C11H19N3/c1-14(2)8-4-6-9-5-3-7-10(12)11(9)13/h3,5,7H,4,6,8,12-13H2,1-2H3. The lowest BCUT2D eigenvalue weighted by Crippen LogP contribution is -2.13. The molecule has 0 fully saturated rings. The van der Waals surface area contributed by atoms with Crippen molar-refractivity contribution >= 4 is 11.4 Å². The van der Waals surface area contributed by atoms with E-state index in [9.17, 15) is 0 Å². The van der Waals surface area contributed by atoms with Crippen molar-refractivity contribution in [1.29, 1.82) is 0 Å². The van der Waals surface area contributed by atoms with Gasteiger partial charge in [0, 0.05) is 0 Å². The summed E-state index contributed by atoms with van der Waals surface area (Å²) < 4.78 is 0. The van der Waals surface area contributed by atoms with E-state index >= 15 is 0 Å². The van der Waals surface area contributed by atoms with Crippen LogP contribution in [0.15, 0.2) is 18.2 Å². The summed E-state index contributed by atoms with van der Waals surface area (Å²) in [7, 11) is 4.14. The van der Waals surface area contributed by atoms with Crippen LogP contribution in [0.1, 0.15) is 12.0 Å². The molecule has 1 aromatic carbocycles. The minimum Gasteiger partial charge on any atom is -0.397 e. The van der Waals surface area contributed by atoms with Crippen LogP contribution < -0.4 is 11.5 Å². The van der Waals surface area contributed by atoms with E-state index in [2.05, 4.69) is 19.0 Å². The molecule has 0 atom stereocenters. The van der Waals surface area contributed by atoms with Gasteiger partial charge in [0.1, 0.15) is 0 Å². The summed E-state index contributed by atoms with van der Waals surface area (Å²) in [5, 5.41) is 0. The Kier molecular flexibility index (Phi) is 3.77. The van der Waals surface area contributed by atoms with Crippen molar-refractivity contribution in [3.63, 3.8) is 0 Å². The molecule has 14 heavy (non-hydrogen) atoms. The van der Waals surface area contributed by atoms with Crippen molar-refractivity contribution in [2.45, 2.75) is 12.8 Å². The van der Waals surface area contributed by atoms with E-state index < -0.39 is 0 Å². The van der Waals surface area contributed by atoms with Gasteiger partial charge in [0.25, 0.3) is 0 Å². The third-order valence-electron chi connectivity index (χ3n) is 2.28. The zero-order valence-electron chi connectivity index (χ0n) is 8.96. The van der Waals surface area contributed by atoms with E-state index in [1.165, 1.54) is 0 Å². The van der Waals surface area contributed by atoms with Gasteiger partial charge in [-0.1, -0.05) is 12.1 Å². The van der Waals surface area contributed by atoms with E-state index in [-0.39, 0.29) is 0 Å². The van der Waals surface area contributed by atoms with Crippen LogP contribution in [0.3, 0.4) is 0 Å². The van der Waals surface area contributed by atoms with Crippen LogP contribution in [-0.4, -0.2) is 25.5 Å². The Morgan fingerprint density at radius 1 is 1.21 bits per heavy atom. The fourth-order valence-corrected chi connectivity index (χ4v) is 1.44.